The maximum absolute atomic E-state index is 7.09. The van der Waals surface area contributed by atoms with E-state index in [0.717, 1.165) is 90.3 Å². The van der Waals surface area contributed by atoms with E-state index in [4.69, 9.17) is 18.9 Å². The van der Waals surface area contributed by atoms with Gasteiger partial charge in [-0.25, -0.2) is 0 Å². The number of ether oxygens (including phenoxy) is 4. The molecule has 1 aromatic rings. The van der Waals surface area contributed by atoms with E-state index in [0.29, 0.717) is 0 Å². The molecule has 36 heavy (non-hydrogen) atoms. The standard InChI is InChI=1S/C32H46O4/c1-5-15-29-17-11-19-31(29,33-23-21-29)35-27(7-3)25-13-9-10-14-26(25)28(8-4)36-32-20-12-18-30(32,16-6-2)22-24-34-32/h5-6,9-10,13-14,27-28H,1-2,7-8,11-12,15-24H2,3-4H3/t27-,28-,29-,30-,31+,32+/m1/s1. The minimum atomic E-state index is -0.505. The summed E-state index contributed by atoms with van der Waals surface area (Å²) in [7, 11) is 0. The third kappa shape index (κ3) is 4.04. The van der Waals surface area contributed by atoms with Crippen molar-refractivity contribution in [3.8, 4) is 0 Å². The van der Waals surface area contributed by atoms with E-state index in [1.165, 1.54) is 11.1 Å². The van der Waals surface area contributed by atoms with Crippen molar-refractivity contribution in [2.75, 3.05) is 13.2 Å². The molecule has 0 spiro atoms. The summed E-state index contributed by atoms with van der Waals surface area (Å²) in [6.07, 6.45) is 16.4. The van der Waals surface area contributed by atoms with Gasteiger partial charge in [0.25, 0.3) is 0 Å². The molecule has 0 radical (unpaired) electrons. The first-order valence-electron chi connectivity index (χ1n) is 14.5. The van der Waals surface area contributed by atoms with Crippen LogP contribution >= 0.6 is 0 Å². The van der Waals surface area contributed by atoms with Crippen molar-refractivity contribution in [1.82, 2.24) is 0 Å². The summed E-state index contributed by atoms with van der Waals surface area (Å²) in [5.74, 6) is -1.01. The number of allylic oxidation sites excluding steroid dienone is 2. The van der Waals surface area contributed by atoms with E-state index in [1.54, 1.807) is 0 Å². The minimum absolute atomic E-state index is 0.0391. The molecule has 4 fully saturated rings. The van der Waals surface area contributed by atoms with Crippen LogP contribution in [0.5, 0.6) is 0 Å². The Kier molecular flexibility index (Phi) is 7.53. The highest BCUT2D eigenvalue weighted by atomic mass is 16.7. The molecule has 5 rings (SSSR count). The highest BCUT2D eigenvalue weighted by molar-refractivity contribution is 5.32. The minimum Gasteiger partial charge on any atom is -0.349 e. The molecule has 0 aromatic heterocycles. The zero-order valence-corrected chi connectivity index (χ0v) is 22.6. The van der Waals surface area contributed by atoms with Gasteiger partial charge in [-0.1, -0.05) is 50.3 Å². The van der Waals surface area contributed by atoms with Crippen molar-refractivity contribution in [2.45, 2.75) is 115 Å². The predicted octanol–water partition coefficient (Wildman–Crippen LogP) is 8.35. The van der Waals surface area contributed by atoms with Crippen LogP contribution in [0.3, 0.4) is 0 Å². The Morgan fingerprint density at radius 2 is 1.19 bits per heavy atom. The lowest BCUT2D eigenvalue weighted by Gasteiger charge is -2.43. The van der Waals surface area contributed by atoms with Crippen LogP contribution in [0.1, 0.15) is 114 Å². The van der Waals surface area contributed by atoms with Crippen molar-refractivity contribution < 1.29 is 18.9 Å². The van der Waals surface area contributed by atoms with Gasteiger partial charge in [-0.05, 0) is 75.3 Å². The zero-order valence-electron chi connectivity index (χ0n) is 22.6. The number of rotatable bonds is 12. The Bertz CT molecular complexity index is 841. The Morgan fingerprint density at radius 1 is 0.750 bits per heavy atom. The number of hydrogen-bond acceptors (Lipinski definition) is 4. The SMILES string of the molecule is C=CC[C@]12CCC[C@@]1(O[C@H](CC)c1ccccc1[C@@H](CC)O[C@@]13CCC[C@]1(CC=C)CCO3)OCC2. The van der Waals surface area contributed by atoms with Gasteiger partial charge in [0.15, 0.2) is 11.6 Å². The first-order chi connectivity index (χ1) is 17.5. The van der Waals surface area contributed by atoms with Gasteiger partial charge < -0.3 is 18.9 Å². The van der Waals surface area contributed by atoms with E-state index in [9.17, 15) is 0 Å². The molecule has 2 aliphatic carbocycles. The van der Waals surface area contributed by atoms with Gasteiger partial charge in [0, 0.05) is 23.7 Å². The van der Waals surface area contributed by atoms with E-state index in [1.807, 2.05) is 0 Å². The monoisotopic (exact) mass is 494 g/mol. The summed E-state index contributed by atoms with van der Waals surface area (Å²) < 4.78 is 27.1. The summed E-state index contributed by atoms with van der Waals surface area (Å²) in [5, 5.41) is 0. The second kappa shape index (κ2) is 10.4. The van der Waals surface area contributed by atoms with Crippen LogP contribution in [0.15, 0.2) is 49.6 Å². The fraction of sp³-hybridized carbons (Fsp3) is 0.688. The van der Waals surface area contributed by atoms with Gasteiger partial charge in [-0.3, -0.25) is 0 Å². The molecule has 198 valence electrons. The van der Waals surface area contributed by atoms with Crippen molar-refractivity contribution >= 4 is 0 Å². The maximum Gasteiger partial charge on any atom is 0.175 e. The van der Waals surface area contributed by atoms with Gasteiger partial charge in [0.05, 0.1) is 25.4 Å². The smallest absolute Gasteiger partial charge is 0.175 e. The molecular weight excluding hydrogens is 448 g/mol. The van der Waals surface area contributed by atoms with E-state index in [-0.39, 0.29) is 23.0 Å². The lowest BCUT2D eigenvalue weighted by atomic mass is 9.77. The maximum atomic E-state index is 7.09. The number of benzene rings is 1. The summed E-state index contributed by atoms with van der Waals surface area (Å²) >= 11 is 0. The van der Waals surface area contributed by atoms with Crippen molar-refractivity contribution in [1.29, 1.82) is 0 Å². The van der Waals surface area contributed by atoms with Crippen LogP contribution in [-0.4, -0.2) is 24.8 Å². The van der Waals surface area contributed by atoms with Gasteiger partial charge in [-0.2, -0.15) is 0 Å². The predicted molar refractivity (Wildman–Crippen MR) is 143 cm³/mol. The Labute approximate surface area is 218 Å². The van der Waals surface area contributed by atoms with Crippen LogP contribution in [0.4, 0.5) is 0 Å². The van der Waals surface area contributed by atoms with E-state index in [2.05, 4.69) is 63.4 Å². The molecule has 4 heteroatoms. The van der Waals surface area contributed by atoms with Crippen molar-refractivity contribution in [2.24, 2.45) is 10.8 Å². The number of fused-ring (bicyclic) bond motifs is 2. The summed E-state index contributed by atoms with van der Waals surface area (Å²) in [6.45, 7) is 14.1. The first-order valence-corrected chi connectivity index (χ1v) is 14.5. The van der Waals surface area contributed by atoms with E-state index < -0.39 is 11.6 Å². The molecule has 4 aliphatic rings. The van der Waals surface area contributed by atoms with Gasteiger partial charge >= 0.3 is 0 Å². The fourth-order valence-corrected chi connectivity index (χ4v) is 8.13. The van der Waals surface area contributed by atoms with Gasteiger partial charge in [-0.15, -0.1) is 13.2 Å². The zero-order chi connectivity index (χ0) is 25.3. The highest BCUT2D eigenvalue weighted by Crippen LogP contribution is 2.61. The lowest BCUT2D eigenvalue weighted by molar-refractivity contribution is -0.276. The van der Waals surface area contributed by atoms with Crippen LogP contribution < -0.4 is 0 Å². The topological polar surface area (TPSA) is 36.9 Å². The normalized spacial score (nSPS) is 36.9. The molecule has 2 aliphatic heterocycles. The van der Waals surface area contributed by atoms with Crippen LogP contribution in [0, 0.1) is 10.8 Å². The Morgan fingerprint density at radius 3 is 1.58 bits per heavy atom. The second-order valence-corrected chi connectivity index (χ2v) is 11.6. The molecule has 0 bridgehead atoms. The largest absolute Gasteiger partial charge is 0.349 e. The fourth-order valence-electron chi connectivity index (χ4n) is 8.13. The second-order valence-electron chi connectivity index (χ2n) is 11.6. The Balaban J connectivity index is 1.44. The highest BCUT2D eigenvalue weighted by Gasteiger charge is 2.62. The molecular formula is C32H46O4. The van der Waals surface area contributed by atoms with Crippen molar-refractivity contribution in [3.63, 3.8) is 0 Å². The molecule has 2 saturated heterocycles. The molecule has 0 unspecified atom stereocenters. The third-order valence-electron chi connectivity index (χ3n) is 9.94. The molecule has 6 atom stereocenters. The molecule has 4 nitrogen and oxygen atoms in total. The average Bonchev–Trinajstić information content (AvgIpc) is 3.58. The van der Waals surface area contributed by atoms with Crippen molar-refractivity contribution in [3.05, 3.63) is 60.7 Å². The van der Waals surface area contributed by atoms with Gasteiger partial charge in [0.2, 0.25) is 0 Å². The molecule has 0 amide bonds. The Hall–Kier alpha value is -1.46. The van der Waals surface area contributed by atoms with Crippen LogP contribution in [0.25, 0.3) is 0 Å². The summed E-state index contributed by atoms with van der Waals surface area (Å²) in [6, 6.07) is 8.75. The third-order valence-corrected chi connectivity index (χ3v) is 9.94. The quantitative estimate of drug-likeness (QED) is 0.274. The molecule has 2 heterocycles. The van der Waals surface area contributed by atoms with Crippen LogP contribution in [-0.2, 0) is 18.9 Å². The molecule has 1 aromatic carbocycles. The van der Waals surface area contributed by atoms with E-state index >= 15 is 0 Å². The van der Waals surface area contributed by atoms with Crippen LogP contribution in [0.2, 0.25) is 0 Å². The summed E-state index contributed by atoms with van der Waals surface area (Å²) in [5.41, 5.74) is 2.58. The lowest BCUT2D eigenvalue weighted by Crippen LogP contribution is -2.44. The average molecular weight is 495 g/mol. The molecule has 2 saturated carbocycles. The number of hydrogen-bond donors (Lipinski definition) is 0. The first kappa shape index (κ1) is 26.2. The summed E-state index contributed by atoms with van der Waals surface area (Å²) in [4.78, 5) is 0. The molecule has 0 N–H and O–H groups in total. The van der Waals surface area contributed by atoms with Gasteiger partial charge in [0.1, 0.15) is 0 Å².